The van der Waals surface area contributed by atoms with Gasteiger partial charge in [-0.1, -0.05) is 23.3 Å². The zero-order valence-electron chi connectivity index (χ0n) is 14.9. The first-order chi connectivity index (χ1) is 13.7. The minimum absolute atomic E-state index is 0.0645. The van der Waals surface area contributed by atoms with E-state index in [9.17, 15) is 9.59 Å². The first-order valence-electron chi connectivity index (χ1n) is 8.24. The van der Waals surface area contributed by atoms with Crippen molar-refractivity contribution in [3.63, 3.8) is 0 Å². The lowest BCUT2D eigenvalue weighted by molar-refractivity contribution is -0.136. The van der Waals surface area contributed by atoms with E-state index >= 15 is 0 Å². The number of hydrogen-bond donors (Lipinski definition) is 1. The fourth-order valence-electron chi connectivity index (χ4n) is 3.11. The largest absolute Gasteiger partial charge is 0.496 e. The highest BCUT2D eigenvalue weighted by molar-refractivity contribution is 6.13. The number of furan rings is 1. The van der Waals surface area contributed by atoms with E-state index < -0.39 is 17.8 Å². The van der Waals surface area contributed by atoms with Crippen LogP contribution in [0.4, 0.5) is 5.95 Å². The molecule has 1 aliphatic rings. The Hall–Kier alpha value is -3.95. The Kier molecular flexibility index (Phi) is 4.36. The van der Waals surface area contributed by atoms with Crippen LogP contribution >= 0.6 is 0 Å². The Morgan fingerprint density at radius 2 is 2.00 bits per heavy atom. The second-order valence-corrected chi connectivity index (χ2v) is 5.80. The first-order valence-corrected chi connectivity index (χ1v) is 8.24. The number of carbonyl (C=O) groups excluding carboxylic acids is 2. The number of carbonyl (C=O) groups is 2. The molecule has 0 aliphatic carbocycles. The van der Waals surface area contributed by atoms with Gasteiger partial charge in [0.1, 0.15) is 17.5 Å². The Morgan fingerprint density at radius 1 is 1.18 bits per heavy atom. The molecule has 0 saturated carbocycles. The molecule has 1 aliphatic heterocycles. The van der Waals surface area contributed by atoms with Gasteiger partial charge in [0, 0.05) is 5.56 Å². The molecule has 0 amide bonds. The molecule has 142 valence electrons. The molecule has 10 nitrogen and oxygen atoms in total. The molecule has 1 atom stereocenters. The van der Waals surface area contributed by atoms with Crippen molar-refractivity contribution in [3.8, 4) is 5.75 Å². The fraction of sp³-hybridized carbons (Fsp3) is 0.167. The van der Waals surface area contributed by atoms with Crippen LogP contribution in [-0.4, -0.2) is 46.2 Å². The molecule has 0 radical (unpaired) electrons. The quantitative estimate of drug-likeness (QED) is 0.519. The molecule has 28 heavy (non-hydrogen) atoms. The maximum atomic E-state index is 13.3. The number of fused-ring (bicyclic) bond motifs is 1. The van der Waals surface area contributed by atoms with Gasteiger partial charge >= 0.3 is 5.97 Å². The number of esters is 1. The van der Waals surface area contributed by atoms with E-state index in [0.29, 0.717) is 11.3 Å². The van der Waals surface area contributed by atoms with Gasteiger partial charge in [-0.2, -0.15) is 4.68 Å². The molecule has 0 spiro atoms. The second kappa shape index (κ2) is 6.99. The molecular formula is C18H15N5O5. The number of hydrogen-bond acceptors (Lipinski definition) is 9. The summed E-state index contributed by atoms with van der Waals surface area (Å²) in [6.45, 7) is 0. The van der Waals surface area contributed by atoms with Gasteiger partial charge in [-0.15, -0.1) is 0 Å². The highest BCUT2D eigenvalue weighted by Crippen LogP contribution is 2.40. The topological polar surface area (TPSA) is 121 Å². The lowest BCUT2D eigenvalue weighted by Crippen LogP contribution is -2.33. The van der Waals surface area contributed by atoms with E-state index in [1.165, 1.54) is 31.2 Å². The zero-order chi connectivity index (χ0) is 19.7. The number of rotatable bonds is 5. The fourth-order valence-corrected chi connectivity index (χ4v) is 3.11. The van der Waals surface area contributed by atoms with Crippen molar-refractivity contribution in [2.45, 2.75) is 6.04 Å². The monoisotopic (exact) mass is 381 g/mol. The molecule has 0 bridgehead atoms. The van der Waals surface area contributed by atoms with Gasteiger partial charge in [-0.3, -0.25) is 4.79 Å². The van der Waals surface area contributed by atoms with Gasteiger partial charge < -0.3 is 19.2 Å². The summed E-state index contributed by atoms with van der Waals surface area (Å²) in [5.41, 5.74) is 0.601. The molecule has 0 saturated heterocycles. The van der Waals surface area contributed by atoms with Gasteiger partial charge in [0.05, 0.1) is 26.1 Å². The van der Waals surface area contributed by atoms with E-state index in [1.54, 1.807) is 30.3 Å². The number of ketones is 1. The summed E-state index contributed by atoms with van der Waals surface area (Å²) in [5, 5.41) is 14.3. The highest BCUT2D eigenvalue weighted by atomic mass is 16.5. The molecule has 3 heterocycles. The lowest BCUT2D eigenvalue weighted by Gasteiger charge is -2.28. The first kappa shape index (κ1) is 17.5. The van der Waals surface area contributed by atoms with Crippen molar-refractivity contribution in [1.82, 2.24) is 20.2 Å². The molecule has 1 N–H and O–H groups in total. The van der Waals surface area contributed by atoms with Crippen molar-refractivity contribution in [2.75, 3.05) is 19.5 Å². The second-order valence-electron chi connectivity index (χ2n) is 5.80. The third kappa shape index (κ3) is 2.71. The highest BCUT2D eigenvalue weighted by Gasteiger charge is 2.40. The number of allylic oxidation sites excluding steroid dienone is 1. The number of nitrogens with zero attached hydrogens (tertiary/aromatic N) is 4. The Balaban J connectivity index is 1.99. The Morgan fingerprint density at radius 3 is 2.71 bits per heavy atom. The van der Waals surface area contributed by atoms with Crippen molar-refractivity contribution < 1.29 is 23.5 Å². The molecule has 3 aromatic rings. The van der Waals surface area contributed by atoms with Crippen LogP contribution in [0.25, 0.3) is 0 Å². The van der Waals surface area contributed by atoms with Gasteiger partial charge in [-0.25, -0.2) is 4.79 Å². The standard InChI is InChI=1S/C18H15N5O5/c1-26-11-7-4-3-6-10(11)15-13(16(24)12-8-5-9-28-12)14(17(25)27-2)19-18-20-21-22-23(15)18/h3-9,15H,1-2H3,(H,19,20,22)/t15-/m1/s1. The number of aromatic nitrogens is 4. The van der Waals surface area contributed by atoms with Gasteiger partial charge in [0.2, 0.25) is 11.7 Å². The van der Waals surface area contributed by atoms with Crippen LogP contribution < -0.4 is 10.1 Å². The van der Waals surface area contributed by atoms with E-state index in [0.717, 1.165) is 0 Å². The predicted molar refractivity (Wildman–Crippen MR) is 94.7 cm³/mol. The molecule has 0 unspecified atom stereocenters. The van der Waals surface area contributed by atoms with Crippen LogP contribution in [0, 0.1) is 0 Å². The summed E-state index contributed by atoms with van der Waals surface area (Å²) in [4.78, 5) is 25.8. The molecule has 4 rings (SSSR count). The molecular weight excluding hydrogens is 366 g/mol. The smallest absolute Gasteiger partial charge is 0.355 e. The van der Waals surface area contributed by atoms with Crippen molar-refractivity contribution in [2.24, 2.45) is 0 Å². The SMILES string of the molecule is COC(=O)C1=C(C(=O)c2ccco2)[C@@H](c2ccccc2OC)n2nnnc2N1. The summed E-state index contributed by atoms with van der Waals surface area (Å²) in [6, 6.07) is 9.36. The summed E-state index contributed by atoms with van der Waals surface area (Å²) < 4.78 is 17.0. The number of anilines is 1. The summed E-state index contributed by atoms with van der Waals surface area (Å²) in [7, 11) is 2.74. The van der Waals surface area contributed by atoms with Gasteiger partial charge in [0.25, 0.3) is 0 Å². The maximum absolute atomic E-state index is 13.3. The van der Waals surface area contributed by atoms with Crippen molar-refractivity contribution >= 4 is 17.7 Å². The van der Waals surface area contributed by atoms with Crippen molar-refractivity contribution in [3.05, 3.63) is 65.3 Å². The number of methoxy groups -OCH3 is 2. The molecule has 1 aromatic carbocycles. The predicted octanol–water partition coefficient (Wildman–Crippen LogP) is 1.60. The molecule has 0 fully saturated rings. The van der Waals surface area contributed by atoms with E-state index in [-0.39, 0.29) is 23.0 Å². The Labute approximate surface area is 158 Å². The zero-order valence-corrected chi connectivity index (χ0v) is 14.9. The number of ether oxygens (including phenoxy) is 2. The van der Waals surface area contributed by atoms with Crippen LogP contribution in [0.5, 0.6) is 5.75 Å². The number of Topliss-reactive ketones (excluding diaryl/α,β-unsaturated/α-hetero) is 1. The van der Waals surface area contributed by atoms with E-state index in [1.807, 2.05) is 0 Å². The average molecular weight is 381 g/mol. The minimum Gasteiger partial charge on any atom is -0.496 e. The van der Waals surface area contributed by atoms with Crippen LogP contribution in [0.2, 0.25) is 0 Å². The van der Waals surface area contributed by atoms with Gasteiger partial charge in [0.15, 0.2) is 5.76 Å². The summed E-state index contributed by atoms with van der Waals surface area (Å²) >= 11 is 0. The number of nitrogens with one attached hydrogen (secondary N) is 1. The van der Waals surface area contributed by atoms with Crippen LogP contribution in [0.1, 0.15) is 22.2 Å². The average Bonchev–Trinajstić information content (AvgIpc) is 3.43. The summed E-state index contributed by atoms with van der Waals surface area (Å²) in [6.07, 6.45) is 1.38. The van der Waals surface area contributed by atoms with Crippen LogP contribution in [0.15, 0.2) is 58.3 Å². The van der Waals surface area contributed by atoms with Crippen LogP contribution in [0.3, 0.4) is 0 Å². The number of tetrazole rings is 1. The normalized spacial score (nSPS) is 15.6. The number of benzene rings is 1. The van der Waals surface area contributed by atoms with Crippen molar-refractivity contribution in [1.29, 1.82) is 0 Å². The minimum atomic E-state index is -0.839. The molecule has 10 heteroatoms. The Bertz CT molecular complexity index is 1070. The lowest BCUT2D eigenvalue weighted by atomic mass is 9.90. The van der Waals surface area contributed by atoms with E-state index in [2.05, 4.69) is 20.8 Å². The molecule has 2 aromatic heterocycles. The number of para-hydroxylation sites is 1. The summed E-state index contributed by atoms with van der Waals surface area (Å²) in [5.74, 6) is -0.481. The third-order valence-electron chi connectivity index (χ3n) is 4.33. The third-order valence-corrected chi connectivity index (χ3v) is 4.33. The van der Waals surface area contributed by atoms with Crippen LogP contribution in [-0.2, 0) is 9.53 Å². The maximum Gasteiger partial charge on any atom is 0.355 e. The van der Waals surface area contributed by atoms with E-state index in [4.69, 9.17) is 13.9 Å². The van der Waals surface area contributed by atoms with Gasteiger partial charge in [-0.05, 0) is 28.6 Å².